The molecule has 4 fully saturated rings. The summed E-state index contributed by atoms with van der Waals surface area (Å²) >= 11 is 2.98. The number of aliphatic hydroxyl groups excluding tert-OH is 4. The average Bonchev–Trinajstić information content (AvgIpc) is 3.74. The zero-order valence-corrected chi connectivity index (χ0v) is 35.7. The van der Waals surface area contributed by atoms with Crippen LogP contribution >= 0.6 is 15.9 Å². The molecular formula is C45H54BrN3O12. The molecule has 1 unspecified atom stereocenters. The van der Waals surface area contributed by atoms with Gasteiger partial charge in [0.25, 0.3) is 0 Å². The van der Waals surface area contributed by atoms with Gasteiger partial charge in [-0.15, -0.1) is 0 Å². The molecule has 11 atom stereocenters. The number of carboxylic acid groups (broad SMARTS) is 1. The fourth-order valence-corrected chi connectivity index (χ4v) is 11.4. The number of aliphatic carboxylic acids is 1. The van der Waals surface area contributed by atoms with E-state index < -0.39 is 103 Å². The minimum Gasteiger partial charge on any atom is -0.481 e. The Bertz CT molecular complexity index is 2110. The van der Waals surface area contributed by atoms with Crippen LogP contribution in [0.15, 0.2) is 66.3 Å². The maximum absolute atomic E-state index is 13.9. The Hall–Kier alpha value is -4.29. The van der Waals surface area contributed by atoms with Crippen LogP contribution in [0.5, 0.6) is 0 Å². The molecule has 2 aromatic carbocycles. The Balaban J connectivity index is 1.03. The van der Waals surface area contributed by atoms with Crippen LogP contribution in [-0.4, -0.2) is 103 Å². The highest BCUT2D eigenvalue weighted by molar-refractivity contribution is 9.09. The van der Waals surface area contributed by atoms with Gasteiger partial charge in [0.2, 0.25) is 17.7 Å². The molecule has 8 N–H and O–H groups in total. The third-order valence-corrected chi connectivity index (χ3v) is 14.5. The summed E-state index contributed by atoms with van der Waals surface area (Å²) in [4.78, 5) is 62.4. The highest BCUT2D eigenvalue weighted by Gasteiger charge is 2.75. The number of nitrogens with one attached hydrogen (secondary N) is 3. The van der Waals surface area contributed by atoms with Crippen LogP contribution in [0.25, 0.3) is 0 Å². The van der Waals surface area contributed by atoms with E-state index in [1.165, 1.54) is 0 Å². The number of ether oxygens (including phenoxy) is 2. The van der Waals surface area contributed by atoms with Gasteiger partial charge in [-0.25, -0.2) is 0 Å². The number of amides is 3. The number of alkyl halides is 1. The van der Waals surface area contributed by atoms with E-state index in [-0.39, 0.29) is 35.2 Å². The van der Waals surface area contributed by atoms with Crippen molar-refractivity contribution in [2.75, 3.05) is 23.8 Å². The lowest BCUT2D eigenvalue weighted by Crippen LogP contribution is -2.63. The molecule has 0 bridgehead atoms. The molecule has 0 radical (unpaired) electrons. The van der Waals surface area contributed by atoms with Crippen molar-refractivity contribution in [2.45, 2.75) is 102 Å². The number of halogens is 1. The first-order chi connectivity index (χ1) is 29.1. The number of benzene rings is 2. The number of fused-ring (bicyclic) bond motifs is 7. The molecule has 1 aliphatic heterocycles. The number of carbonyl (C=O) groups is 5. The minimum atomic E-state index is -1.46. The first kappa shape index (κ1) is 44.8. The third-order valence-electron chi connectivity index (χ3n) is 14.0. The van der Waals surface area contributed by atoms with Crippen molar-refractivity contribution >= 4 is 51.1 Å². The van der Waals surface area contributed by atoms with Crippen molar-refractivity contribution in [3.05, 3.63) is 88.5 Å². The number of hydrogen-bond acceptors (Lipinski definition) is 11. The van der Waals surface area contributed by atoms with Crippen LogP contribution in [0.1, 0.15) is 80.9 Å². The van der Waals surface area contributed by atoms with E-state index in [2.05, 4.69) is 38.8 Å². The van der Waals surface area contributed by atoms with E-state index in [4.69, 9.17) is 9.47 Å². The number of hydrogen-bond donors (Lipinski definition) is 8. The second-order valence-electron chi connectivity index (χ2n) is 17.5. The highest BCUT2D eigenvalue weighted by Crippen LogP contribution is 2.70. The summed E-state index contributed by atoms with van der Waals surface area (Å²) < 4.78 is 13.4. The zero-order valence-electron chi connectivity index (χ0n) is 34.1. The molecule has 3 amide bonds. The summed E-state index contributed by atoms with van der Waals surface area (Å²) in [6.45, 7) is 2.60. The number of rotatable bonds is 15. The molecule has 0 aromatic heterocycles. The zero-order chi connectivity index (χ0) is 43.9. The average molecular weight is 909 g/mol. The van der Waals surface area contributed by atoms with Crippen LogP contribution in [0, 0.1) is 28.6 Å². The number of aliphatic hydroxyl groups is 4. The number of Topliss-reactive ketones (excluding diaryl/α,β-unsaturated/α-hetero) is 1. The number of ketones is 1. The maximum atomic E-state index is 13.9. The molecule has 328 valence electrons. The van der Waals surface area contributed by atoms with Crippen LogP contribution in [-0.2, 0) is 46.5 Å². The van der Waals surface area contributed by atoms with Gasteiger partial charge in [0.1, 0.15) is 12.6 Å². The third kappa shape index (κ3) is 8.35. The molecule has 4 aliphatic carbocycles. The van der Waals surface area contributed by atoms with Crippen molar-refractivity contribution in [1.82, 2.24) is 10.6 Å². The molecule has 1 saturated heterocycles. The van der Waals surface area contributed by atoms with Gasteiger partial charge in [-0.3, -0.25) is 24.0 Å². The summed E-state index contributed by atoms with van der Waals surface area (Å²) in [6.07, 6.45) is 5.11. The van der Waals surface area contributed by atoms with E-state index >= 15 is 0 Å². The topological polar surface area (TPSA) is 241 Å². The smallest absolute Gasteiger partial charge is 0.303 e. The SMILES string of the molecule is C[C@]12C=CC(O)C=C1CC[C@@H]1[C@@H]2[C@@H](O)C[C@@]2(C)[C@H]1C[C@H]1O[C@@H](c3ccc(Cc4ccc(NC(=O)[C@H](CCC(=O)O)NC(=O)CNC(=O)CBr)c(CO)c4)cc3)O[C@]12C(=O)CO. The van der Waals surface area contributed by atoms with Gasteiger partial charge in [-0.2, -0.15) is 0 Å². The van der Waals surface area contributed by atoms with Crippen LogP contribution in [0.2, 0.25) is 0 Å². The Morgan fingerprint density at radius 2 is 1.74 bits per heavy atom. The molecule has 15 nitrogen and oxygen atoms in total. The van der Waals surface area contributed by atoms with Gasteiger partial charge < -0.3 is 51.0 Å². The van der Waals surface area contributed by atoms with E-state index in [0.717, 1.165) is 29.5 Å². The van der Waals surface area contributed by atoms with Crippen molar-refractivity contribution in [3.8, 4) is 0 Å². The molecule has 61 heavy (non-hydrogen) atoms. The normalized spacial score (nSPS) is 32.6. The van der Waals surface area contributed by atoms with Gasteiger partial charge in [0, 0.05) is 40.0 Å². The summed E-state index contributed by atoms with van der Waals surface area (Å²) in [5.41, 5.74) is 1.54. The van der Waals surface area contributed by atoms with Crippen LogP contribution in [0.4, 0.5) is 5.69 Å². The first-order valence-corrected chi connectivity index (χ1v) is 21.9. The first-order valence-electron chi connectivity index (χ1n) is 20.8. The highest BCUT2D eigenvalue weighted by atomic mass is 79.9. The minimum absolute atomic E-state index is 0.00405. The number of carbonyl (C=O) groups excluding carboxylic acids is 4. The summed E-state index contributed by atoms with van der Waals surface area (Å²) in [7, 11) is 0. The second kappa shape index (κ2) is 17.8. The quantitative estimate of drug-likeness (QED) is 0.0951. The lowest BCUT2D eigenvalue weighted by molar-refractivity contribution is -0.201. The number of carboxylic acids is 1. The van der Waals surface area contributed by atoms with E-state index in [1.54, 1.807) is 24.3 Å². The standard InChI is InChI=1S/C45H54BrN3O12/c1-43-14-13-29(52)17-28(43)8-9-30-31-18-36-45(35(54)23-51,44(31,2)19-34(53)40(30)43)61-42(60-36)26-6-3-24(4-7-26)15-25-5-10-32(27(16-25)22-50)49-41(59)33(11-12-39(57)58)48-38(56)21-47-37(55)20-46/h3-7,10,13-14,16-17,29-31,33-34,36,40,42,50-53H,8-9,11-12,15,18-23H2,1-2H3,(H,47,55)(H,48,56)(H,49,59)(H,57,58)/t29?,30-,31-,33-,34-,36+,40+,42+,43-,44-,45+/m0/s1. The van der Waals surface area contributed by atoms with Gasteiger partial charge >= 0.3 is 5.97 Å². The predicted octanol–water partition coefficient (Wildman–Crippen LogP) is 2.96. The van der Waals surface area contributed by atoms with Crippen molar-refractivity contribution in [2.24, 2.45) is 28.6 Å². The predicted molar refractivity (Wildman–Crippen MR) is 224 cm³/mol. The molecule has 2 aromatic rings. The number of anilines is 1. The Morgan fingerprint density at radius 3 is 2.43 bits per heavy atom. The van der Waals surface area contributed by atoms with Gasteiger partial charge in [0.15, 0.2) is 17.7 Å². The van der Waals surface area contributed by atoms with E-state index in [9.17, 15) is 49.5 Å². The Kier molecular flexibility index (Phi) is 13.1. The molecular weight excluding hydrogens is 854 g/mol. The molecule has 1 heterocycles. The van der Waals surface area contributed by atoms with Crippen molar-refractivity contribution < 1.29 is 59.0 Å². The molecule has 7 rings (SSSR count). The van der Waals surface area contributed by atoms with E-state index in [1.807, 2.05) is 43.3 Å². The van der Waals surface area contributed by atoms with E-state index in [0.29, 0.717) is 30.4 Å². The second-order valence-corrected chi connectivity index (χ2v) is 18.1. The summed E-state index contributed by atoms with van der Waals surface area (Å²) in [6, 6.07) is 11.4. The molecule has 3 saturated carbocycles. The van der Waals surface area contributed by atoms with Crippen LogP contribution in [0.3, 0.4) is 0 Å². The van der Waals surface area contributed by atoms with Gasteiger partial charge in [-0.05, 0) is 67.6 Å². The fraction of sp³-hybridized carbons (Fsp3) is 0.533. The Labute approximate surface area is 362 Å². The van der Waals surface area contributed by atoms with Gasteiger partial charge in [0.05, 0.1) is 36.8 Å². The monoisotopic (exact) mass is 907 g/mol. The Morgan fingerprint density at radius 1 is 1.00 bits per heavy atom. The van der Waals surface area contributed by atoms with Crippen molar-refractivity contribution in [1.29, 1.82) is 0 Å². The summed E-state index contributed by atoms with van der Waals surface area (Å²) in [5.74, 6) is -3.44. The molecule has 16 heteroatoms. The maximum Gasteiger partial charge on any atom is 0.303 e. The fourth-order valence-electron chi connectivity index (χ4n) is 11.2. The van der Waals surface area contributed by atoms with Crippen LogP contribution < -0.4 is 16.0 Å². The summed E-state index contributed by atoms with van der Waals surface area (Å²) in [5, 5.41) is 59.5. The number of allylic oxidation sites excluding steroid dienone is 2. The molecule has 5 aliphatic rings. The van der Waals surface area contributed by atoms with Crippen molar-refractivity contribution in [3.63, 3.8) is 0 Å². The largest absolute Gasteiger partial charge is 0.481 e. The molecule has 0 spiro atoms. The lowest BCUT2D eigenvalue weighted by atomic mass is 9.46. The van der Waals surface area contributed by atoms with Gasteiger partial charge in [-0.1, -0.05) is 90.0 Å². The lowest BCUT2D eigenvalue weighted by Gasteiger charge is -2.60.